The zero-order chi connectivity index (χ0) is 13.5. The van der Waals surface area contributed by atoms with Gasteiger partial charge in [0.2, 0.25) is 11.8 Å². The summed E-state index contributed by atoms with van der Waals surface area (Å²) < 4.78 is 5.91. The highest BCUT2D eigenvalue weighted by Gasteiger charge is 2.08. The molecule has 18 heavy (non-hydrogen) atoms. The molecule has 0 saturated heterocycles. The lowest BCUT2D eigenvalue weighted by atomic mass is 10.3. The summed E-state index contributed by atoms with van der Waals surface area (Å²) >= 11 is 3.30. The van der Waals surface area contributed by atoms with Crippen molar-refractivity contribution in [3.05, 3.63) is 22.7 Å². The summed E-state index contributed by atoms with van der Waals surface area (Å²) in [7, 11) is 1.51. The largest absolute Gasteiger partial charge is 0.495 e. The molecule has 4 N–H and O–H groups in total. The van der Waals surface area contributed by atoms with Gasteiger partial charge in [-0.25, -0.2) is 0 Å². The van der Waals surface area contributed by atoms with Crippen molar-refractivity contribution < 1.29 is 14.3 Å². The molecule has 0 aliphatic rings. The van der Waals surface area contributed by atoms with E-state index in [0.717, 1.165) is 4.47 Å². The van der Waals surface area contributed by atoms with E-state index in [2.05, 4.69) is 26.6 Å². The van der Waals surface area contributed by atoms with Gasteiger partial charge in [-0.1, -0.05) is 15.9 Å². The van der Waals surface area contributed by atoms with Gasteiger partial charge in [0.1, 0.15) is 5.75 Å². The van der Waals surface area contributed by atoms with Crippen molar-refractivity contribution in [3.63, 3.8) is 0 Å². The second-order valence-electron chi connectivity index (χ2n) is 3.37. The monoisotopic (exact) mass is 315 g/mol. The first-order chi connectivity index (χ1) is 8.56. The van der Waals surface area contributed by atoms with Crippen molar-refractivity contribution in [3.8, 4) is 5.75 Å². The van der Waals surface area contributed by atoms with Crippen LogP contribution in [0.5, 0.6) is 5.75 Å². The van der Waals surface area contributed by atoms with Crippen LogP contribution in [-0.4, -0.2) is 32.0 Å². The number of hydrogen-bond acceptors (Lipinski definition) is 4. The summed E-state index contributed by atoms with van der Waals surface area (Å²) in [5, 5.41) is 5.01. The van der Waals surface area contributed by atoms with Crippen molar-refractivity contribution in [2.24, 2.45) is 5.73 Å². The Hall–Kier alpha value is -1.60. The molecule has 0 spiro atoms. The van der Waals surface area contributed by atoms with Gasteiger partial charge in [0.15, 0.2) is 0 Å². The standard InChI is InChI=1S/C11H14BrN3O3/c1-18-9-3-2-7(12)4-8(9)15-11(17)6-14-10(16)5-13/h2-4H,5-6,13H2,1H3,(H,14,16)(H,15,17). The van der Waals surface area contributed by atoms with Crippen molar-refractivity contribution in [2.45, 2.75) is 0 Å². The fourth-order valence-corrected chi connectivity index (χ4v) is 1.58. The Bertz CT molecular complexity index is 451. The fraction of sp³-hybridized carbons (Fsp3) is 0.273. The molecule has 2 amide bonds. The van der Waals surface area contributed by atoms with Gasteiger partial charge in [0, 0.05) is 4.47 Å². The maximum atomic E-state index is 11.6. The number of carbonyl (C=O) groups excluding carboxylic acids is 2. The average molecular weight is 316 g/mol. The number of anilines is 1. The minimum atomic E-state index is -0.383. The number of ether oxygens (including phenoxy) is 1. The van der Waals surface area contributed by atoms with Crippen LogP contribution in [0.3, 0.4) is 0 Å². The number of methoxy groups -OCH3 is 1. The number of nitrogens with one attached hydrogen (secondary N) is 2. The van der Waals surface area contributed by atoms with Crippen LogP contribution in [0.15, 0.2) is 22.7 Å². The molecule has 1 aromatic carbocycles. The first-order valence-electron chi connectivity index (χ1n) is 5.17. The first-order valence-corrected chi connectivity index (χ1v) is 5.96. The van der Waals surface area contributed by atoms with Crippen molar-refractivity contribution in [1.82, 2.24) is 5.32 Å². The molecule has 0 bridgehead atoms. The van der Waals surface area contributed by atoms with E-state index in [-0.39, 0.29) is 24.9 Å². The van der Waals surface area contributed by atoms with Crippen LogP contribution < -0.4 is 21.1 Å². The third-order valence-corrected chi connectivity index (χ3v) is 2.56. The van der Waals surface area contributed by atoms with E-state index in [4.69, 9.17) is 10.5 Å². The molecule has 1 aromatic rings. The molecule has 7 heteroatoms. The van der Waals surface area contributed by atoms with E-state index in [1.54, 1.807) is 18.2 Å². The third kappa shape index (κ3) is 4.34. The fourth-order valence-electron chi connectivity index (χ4n) is 1.22. The summed E-state index contributed by atoms with van der Waals surface area (Å²) in [6, 6.07) is 5.23. The highest BCUT2D eigenvalue weighted by atomic mass is 79.9. The molecule has 0 fully saturated rings. The van der Waals surface area contributed by atoms with Gasteiger partial charge in [-0.3, -0.25) is 9.59 Å². The zero-order valence-electron chi connectivity index (χ0n) is 9.83. The Morgan fingerprint density at radius 1 is 1.39 bits per heavy atom. The van der Waals surface area contributed by atoms with Crippen LogP contribution in [0, 0.1) is 0 Å². The lowest BCUT2D eigenvalue weighted by Gasteiger charge is -2.10. The number of hydrogen-bond donors (Lipinski definition) is 3. The number of halogens is 1. The number of benzene rings is 1. The second-order valence-corrected chi connectivity index (χ2v) is 4.29. The molecular weight excluding hydrogens is 302 g/mol. The Morgan fingerprint density at radius 3 is 2.72 bits per heavy atom. The summed E-state index contributed by atoms with van der Waals surface area (Å²) in [6.45, 7) is -0.279. The number of carbonyl (C=O) groups is 2. The van der Waals surface area contributed by atoms with Crippen LogP contribution in [-0.2, 0) is 9.59 Å². The third-order valence-electron chi connectivity index (χ3n) is 2.07. The average Bonchev–Trinajstić information content (AvgIpc) is 2.36. The van der Waals surface area contributed by atoms with E-state index in [1.807, 2.05) is 0 Å². The van der Waals surface area contributed by atoms with E-state index in [0.29, 0.717) is 11.4 Å². The van der Waals surface area contributed by atoms with Gasteiger partial charge < -0.3 is 21.1 Å². The quantitative estimate of drug-likeness (QED) is 0.736. The number of amides is 2. The topological polar surface area (TPSA) is 93.5 Å². The summed E-state index contributed by atoms with van der Waals surface area (Å²) in [6.07, 6.45) is 0. The predicted octanol–water partition coefficient (Wildman–Crippen LogP) is 0.471. The SMILES string of the molecule is COc1ccc(Br)cc1NC(=O)CNC(=O)CN. The maximum absolute atomic E-state index is 11.6. The second kappa shape index (κ2) is 6.97. The van der Waals surface area contributed by atoms with Crippen LogP contribution in [0.4, 0.5) is 5.69 Å². The molecule has 0 aliphatic carbocycles. The zero-order valence-corrected chi connectivity index (χ0v) is 11.4. The number of nitrogens with two attached hydrogens (primary N) is 1. The maximum Gasteiger partial charge on any atom is 0.243 e. The minimum Gasteiger partial charge on any atom is -0.495 e. The molecular formula is C11H14BrN3O3. The molecule has 6 nitrogen and oxygen atoms in total. The van der Waals surface area contributed by atoms with Crippen LogP contribution in [0.2, 0.25) is 0 Å². The molecule has 0 unspecified atom stereocenters. The molecule has 0 atom stereocenters. The van der Waals surface area contributed by atoms with Crippen LogP contribution in [0.1, 0.15) is 0 Å². The van der Waals surface area contributed by atoms with Gasteiger partial charge in [0.05, 0.1) is 25.9 Å². The van der Waals surface area contributed by atoms with Crippen LogP contribution in [0.25, 0.3) is 0 Å². The van der Waals surface area contributed by atoms with Crippen molar-refractivity contribution in [1.29, 1.82) is 0 Å². The molecule has 0 aliphatic heterocycles. The molecule has 0 radical (unpaired) electrons. The van der Waals surface area contributed by atoms with Crippen molar-refractivity contribution in [2.75, 3.05) is 25.5 Å². The Morgan fingerprint density at radius 2 is 2.11 bits per heavy atom. The van der Waals surface area contributed by atoms with Gasteiger partial charge in [-0.15, -0.1) is 0 Å². The number of rotatable bonds is 5. The van der Waals surface area contributed by atoms with E-state index in [1.165, 1.54) is 7.11 Å². The lowest BCUT2D eigenvalue weighted by molar-refractivity contribution is -0.123. The highest BCUT2D eigenvalue weighted by molar-refractivity contribution is 9.10. The van der Waals surface area contributed by atoms with Gasteiger partial charge in [-0.05, 0) is 18.2 Å². The molecule has 0 aromatic heterocycles. The molecule has 98 valence electrons. The van der Waals surface area contributed by atoms with Gasteiger partial charge in [0.25, 0.3) is 0 Å². The van der Waals surface area contributed by atoms with E-state index in [9.17, 15) is 9.59 Å². The van der Waals surface area contributed by atoms with Gasteiger partial charge >= 0.3 is 0 Å². The van der Waals surface area contributed by atoms with E-state index >= 15 is 0 Å². The van der Waals surface area contributed by atoms with Crippen LogP contribution >= 0.6 is 15.9 Å². The summed E-state index contributed by atoms with van der Waals surface area (Å²) in [4.78, 5) is 22.5. The normalized spacial score (nSPS) is 9.72. The highest BCUT2D eigenvalue weighted by Crippen LogP contribution is 2.27. The Kier molecular flexibility index (Phi) is 5.60. The first kappa shape index (κ1) is 14.5. The Labute approximate surface area is 113 Å². The summed E-state index contributed by atoms with van der Waals surface area (Å²) in [5.74, 6) is -0.198. The Balaban J connectivity index is 2.63. The van der Waals surface area contributed by atoms with Gasteiger partial charge in [-0.2, -0.15) is 0 Å². The molecule has 0 heterocycles. The molecule has 0 saturated carbocycles. The minimum absolute atomic E-state index is 0.133. The van der Waals surface area contributed by atoms with E-state index < -0.39 is 0 Å². The molecule has 1 rings (SSSR count). The van der Waals surface area contributed by atoms with Crippen molar-refractivity contribution >= 4 is 33.4 Å². The lowest BCUT2D eigenvalue weighted by Crippen LogP contribution is -2.36. The summed E-state index contributed by atoms with van der Waals surface area (Å²) in [5.41, 5.74) is 5.63. The smallest absolute Gasteiger partial charge is 0.243 e. The predicted molar refractivity (Wildman–Crippen MR) is 71.4 cm³/mol.